The van der Waals surface area contributed by atoms with E-state index in [4.69, 9.17) is 0 Å². The van der Waals surface area contributed by atoms with Gasteiger partial charge in [0.05, 0.1) is 5.56 Å². The largest absolute Gasteiger partial charge is 0.298 e. The molecule has 0 N–H and O–H groups in total. The molecule has 0 atom stereocenters. The Balaban J connectivity index is 3.38. The second kappa shape index (κ2) is 4.23. The molecule has 13 heavy (non-hydrogen) atoms. The van der Waals surface area contributed by atoms with Crippen molar-refractivity contribution in [3.8, 4) is 0 Å². The summed E-state index contributed by atoms with van der Waals surface area (Å²) < 4.78 is 25.2. The molecule has 0 amide bonds. The van der Waals surface area contributed by atoms with Crippen molar-refractivity contribution < 1.29 is 13.6 Å². The summed E-state index contributed by atoms with van der Waals surface area (Å²) >= 11 is 5.95. The van der Waals surface area contributed by atoms with Gasteiger partial charge in [-0.15, -0.1) is 0 Å². The highest BCUT2D eigenvalue weighted by molar-refractivity contribution is 9.11. The van der Waals surface area contributed by atoms with Crippen molar-refractivity contribution in [3.05, 3.63) is 26.4 Å². The number of hydrogen-bond acceptors (Lipinski definition) is 2. The molecule has 1 heterocycles. The summed E-state index contributed by atoms with van der Waals surface area (Å²) in [7, 11) is 0. The number of carbonyl (C=O) groups is 1. The maximum Gasteiger partial charge on any atom is 0.281 e. The first-order valence-corrected chi connectivity index (χ1v) is 4.74. The topological polar surface area (TPSA) is 30.0 Å². The monoisotopic (exact) mass is 313 g/mol. The SMILES string of the molecule is O=Cc1c(Br)cc(Br)nc1C(F)F. The molecule has 2 nitrogen and oxygen atoms in total. The van der Waals surface area contributed by atoms with E-state index < -0.39 is 12.1 Å². The van der Waals surface area contributed by atoms with E-state index in [-0.39, 0.29) is 10.2 Å². The van der Waals surface area contributed by atoms with Gasteiger partial charge in [-0.05, 0) is 37.9 Å². The number of nitrogens with zero attached hydrogens (tertiary/aromatic N) is 1. The van der Waals surface area contributed by atoms with E-state index in [2.05, 4.69) is 36.8 Å². The Morgan fingerprint density at radius 1 is 1.46 bits per heavy atom. The summed E-state index contributed by atoms with van der Waals surface area (Å²) in [6, 6.07) is 1.44. The Hall–Kier alpha value is -0.360. The zero-order valence-electron chi connectivity index (χ0n) is 6.10. The zero-order valence-corrected chi connectivity index (χ0v) is 9.27. The van der Waals surface area contributed by atoms with Crippen molar-refractivity contribution in [1.29, 1.82) is 0 Å². The molecule has 70 valence electrons. The standard InChI is InChI=1S/C7H3Br2F2NO/c8-4-1-5(9)12-6(7(10)11)3(4)2-13/h1-2,7H. The molecule has 1 rings (SSSR count). The van der Waals surface area contributed by atoms with Crippen molar-refractivity contribution in [2.45, 2.75) is 6.43 Å². The fourth-order valence-corrected chi connectivity index (χ4v) is 2.04. The fraction of sp³-hybridized carbons (Fsp3) is 0.143. The van der Waals surface area contributed by atoms with Crippen molar-refractivity contribution in [3.63, 3.8) is 0 Å². The molecule has 0 bridgehead atoms. The van der Waals surface area contributed by atoms with Gasteiger partial charge < -0.3 is 0 Å². The number of hydrogen-bond donors (Lipinski definition) is 0. The Morgan fingerprint density at radius 2 is 2.08 bits per heavy atom. The second-order valence-corrected chi connectivity index (χ2v) is 3.81. The number of aromatic nitrogens is 1. The van der Waals surface area contributed by atoms with Crippen LogP contribution in [0.2, 0.25) is 0 Å². The zero-order chi connectivity index (χ0) is 10.0. The van der Waals surface area contributed by atoms with Crippen LogP contribution in [-0.4, -0.2) is 11.3 Å². The molecule has 0 unspecified atom stereocenters. The fourth-order valence-electron chi connectivity index (χ4n) is 0.795. The van der Waals surface area contributed by atoms with Crippen molar-refractivity contribution in [1.82, 2.24) is 4.98 Å². The molecule has 0 radical (unpaired) electrons. The molecule has 0 spiro atoms. The molecule has 0 fully saturated rings. The Bertz CT molecular complexity index is 344. The first-order chi connectivity index (χ1) is 6.06. The number of halogens is 4. The average molecular weight is 315 g/mol. The van der Waals surface area contributed by atoms with E-state index in [1.54, 1.807) is 0 Å². The van der Waals surface area contributed by atoms with Crippen molar-refractivity contribution in [2.75, 3.05) is 0 Å². The highest BCUT2D eigenvalue weighted by Gasteiger charge is 2.17. The van der Waals surface area contributed by atoms with Gasteiger partial charge in [-0.25, -0.2) is 13.8 Å². The highest BCUT2D eigenvalue weighted by atomic mass is 79.9. The molecular weight excluding hydrogens is 312 g/mol. The van der Waals surface area contributed by atoms with Crippen LogP contribution in [0.1, 0.15) is 22.5 Å². The molecular formula is C7H3Br2F2NO. The van der Waals surface area contributed by atoms with E-state index in [0.717, 1.165) is 0 Å². The van der Waals surface area contributed by atoms with E-state index >= 15 is 0 Å². The quantitative estimate of drug-likeness (QED) is 0.619. The molecule has 0 aliphatic carbocycles. The molecule has 1 aromatic heterocycles. The van der Waals surface area contributed by atoms with Crippen LogP contribution in [0.3, 0.4) is 0 Å². The Labute approximate surface area is 89.6 Å². The minimum atomic E-state index is -2.76. The van der Waals surface area contributed by atoms with Crippen LogP contribution in [0.15, 0.2) is 15.1 Å². The van der Waals surface area contributed by atoms with Crippen LogP contribution in [-0.2, 0) is 0 Å². The van der Waals surface area contributed by atoms with Gasteiger partial charge in [0.1, 0.15) is 10.3 Å². The van der Waals surface area contributed by atoms with Crippen LogP contribution in [0.25, 0.3) is 0 Å². The van der Waals surface area contributed by atoms with Crippen LogP contribution in [0, 0.1) is 0 Å². The lowest BCUT2D eigenvalue weighted by Gasteiger charge is -2.04. The Kier molecular flexibility index (Phi) is 3.49. The molecule has 0 aliphatic heterocycles. The lowest BCUT2D eigenvalue weighted by Crippen LogP contribution is -1.99. The molecule has 1 aromatic rings. The van der Waals surface area contributed by atoms with Gasteiger partial charge in [-0.2, -0.15) is 0 Å². The lowest BCUT2D eigenvalue weighted by molar-refractivity contribution is 0.110. The Morgan fingerprint density at radius 3 is 2.54 bits per heavy atom. The van der Waals surface area contributed by atoms with Gasteiger partial charge >= 0.3 is 0 Å². The number of pyridine rings is 1. The maximum atomic E-state index is 12.3. The predicted octanol–water partition coefficient (Wildman–Crippen LogP) is 3.36. The third kappa shape index (κ3) is 2.31. The second-order valence-electron chi connectivity index (χ2n) is 2.14. The summed E-state index contributed by atoms with van der Waals surface area (Å²) in [5.41, 5.74) is -0.630. The van der Waals surface area contributed by atoms with Crippen LogP contribution >= 0.6 is 31.9 Å². The van der Waals surface area contributed by atoms with Gasteiger partial charge in [0.15, 0.2) is 6.29 Å². The lowest BCUT2D eigenvalue weighted by atomic mass is 10.2. The summed E-state index contributed by atoms with van der Waals surface area (Å²) in [4.78, 5) is 14.0. The van der Waals surface area contributed by atoms with Crippen molar-refractivity contribution >= 4 is 38.1 Å². The van der Waals surface area contributed by atoms with E-state index in [1.165, 1.54) is 6.07 Å². The van der Waals surface area contributed by atoms with Gasteiger partial charge in [0.2, 0.25) is 0 Å². The highest BCUT2D eigenvalue weighted by Crippen LogP contribution is 2.28. The predicted molar refractivity (Wildman–Crippen MR) is 50.0 cm³/mol. The molecule has 6 heteroatoms. The van der Waals surface area contributed by atoms with Gasteiger partial charge in [0.25, 0.3) is 6.43 Å². The van der Waals surface area contributed by atoms with Crippen LogP contribution in [0.5, 0.6) is 0 Å². The molecule has 0 aromatic carbocycles. The maximum absolute atomic E-state index is 12.3. The summed E-state index contributed by atoms with van der Waals surface area (Å²) in [5, 5.41) is 0. The number of carbonyl (C=O) groups excluding carboxylic acids is 1. The summed E-state index contributed by atoms with van der Waals surface area (Å²) in [5.74, 6) is 0. The van der Waals surface area contributed by atoms with Gasteiger partial charge in [-0.1, -0.05) is 0 Å². The van der Waals surface area contributed by atoms with Gasteiger partial charge in [0, 0.05) is 4.47 Å². The van der Waals surface area contributed by atoms with E-state index in [9.17, 15) is 13.6 Å². The minimum absolute atomic E-state index is 0.113. The minimum Gasteiger partial charge on any atom is -0.298 e. The summed E-state index contributed by atoms with van der Waals surface area (Å²) in [6.07, 6.45) is -2.40. The third-order valence-corrected chi connectivity index (χ3v) is 2.39. The van der Waals surface area contributed by atoms with E-state index in [1.807, 2.05) is 0 Å². The first-order valence-electron chi connectivity index (χ1n) is 3.15. The third-order valence-electron chi connectivity index (χ3n) is 1.33. The molecule has 0 saturated heterocycles. The van der Waals surface area contributed by atoms with Crippen LogP contribution < -0.4 is 0 Å². The number of alkyl halides is 2. The summed E-state index contributed by atoms with van der Waals surface area (Å²) in [6.45, 7) is 0. The average Bonchev–Trinajstić information content (AvgIpc) is 2.02. The van der Waals surface area contributed by atoms with Crippen LogP contribution in [0.4, 0.5) is 8.78 Å². The molecule has 0 aliphatic rings. The van der Waals surface area contributed by atoms with Crippen molar-refractivity contribution in [2.24, 2.45) is 0 Å². The smallest absolute Gasteiger partial charge is 0.281 e. The first kappa shape index (κ1) is 10.7. The van der Waals surface area contributed by atoms with Gasteiger partial charge in [-0.3, -0.25) is 4.79 Å². The number of aldehydes is 1. The normalized spacial score (nSPS) is 10.5. The number of rotatable bonds is 2. The van der Waals surface area contributed by atoms with E-state index in [0.29, 0.717) is 10.8 Å². The molecule has 0 saturated carbocycles.